The molecule has 3 aromatic rings. The Balaban J connectivity index is 2.01. The molecule has 0 radical (unpaired) electrons. The summed E-state index contributed by atoms with van der Waals surface area (Å²) in [5, 5.41) is 0. The van der Waals surface area contributed by atoms with E-state index in [9.17, 15) is 0 Å². The lowest BCUT2D eigenvalue weighted by molar-refractivity contribution is 1.15. The maximum absolute atomic E-state index is 5.26. The fraction of sp³-hybridized carbons (Fsp3) is 0. The Morgan fingerprint density at radius 2 is 1.42 bits per heavy atom. The molecule has 2 aromatic carbocycles. The molecule has 1 heterocycles. The van der Waals surface area contributed by atoms with Gasteiger partial charge in [0.25, 0.3) is 0 Å². The van der Waals surface area contributed by atoms with Crippen LogP contribution < -0.4 is 0 Å². The minimum absolute atomic E-state index is 0.711. The number of benzene rings is 2. The van der Waals surface area contributed by atoms with Gasteiger partial charge in [-0.05, 0) is 16.7 Å². The van der Waals surface area contributed by atoms with Crippen LogP contribution in [0.3, 0.4) is 0 Å². The molecule has 1 N–H and O–H groups in total. The van der Waals surface area contributed by atoms with Crippen LogP contribution in [0.1, 0.15) is 0 Å². The fourth-order valence-electron chi connectivity index (χ4n) is 2.02. The summed E-state index contributed by atoms with van der Waals surface area (Å²) < 4.78 is 0.711. The molecule has 0 spiro atoms. The summed E-state index contributed by atoms with van der Waals surface area (Å²) in [6.45, 7) is 0. The fourth-order valence-corrected chi connectivity index (χ4v) is 2.25. The van der Waals surface area contributed by atoms with Gasteiger partial charge in [0.05, 0.1) is 6.33 Å². The van der Waals surface area contributed by atoms with Gasteiger partial charge in [-0.1, -0.05) is 66.8 Å². The van der Waals surface area contributed by atoms with Gasteiger partial charge in [0, 0.05) is 11.8 Å². The van der Waals surface area contributed by atoms with Crippen molar-refractivity contribution < 1.29 is 0 Å². The molecule has 1 aromatic heterocycles. The lowest BCUT2D eigenvalue weighted by Crippen LogP contribution is -1.85. The van der Waals surface area contributed by atoms with Gasteiger partial charge >= 0.3 is 0 Å². The molecule has 92 valence electrons. The Hall–Kier alpha value is -2.26. The first kappa shape index (κ1) is 11.8. The number of rotatable bonds is 2. The van der Waals surface area contributed by atoms with E-state index >= 15 is 0 Å². The lowest BCUT2D eigenvalue weighted by Gasteiger charge is -2.04. The van der Waals surface area contributed by atoms with Gasteiger partial charge in [0.15, 0.2) is 0 Å². The molecule has 0 amide bonds. The second-order valence-electron chi connectivity index (χ2n) is 4.24. The first-order chi connectivity index (χ1) is 9.34. The molecule has 2 nitrogen and oxygen atoms in total. The van der Waals surface area contributed by atoms with Crippen LogP contribution in [0.5, 0.6) is 0 Å². The Kier molecular flexibility index (Phi) is 3.21. The summed E-state index contributed by atoms with van der Waals surface area (Å²) in [4.78, 5) is 7.03. The second-order valence-corrected chi connectivity index (χ2v) is 4.65. The molecule has 19 heavy (non-hydrogen) atoms. The number of nitrogens with one attached hydrogen (secondary N) is 1. The Morgan fingerprint density at radius 1 is 0.789 bits per heavy atom. The van der Waals surface area contributed by atoms with Crippen LogP contribution in [0, 0.1) is 4.64 Å². The molecule has 3 rings (SSSR count). The topological polar surface area (TPSA) is 28.7 Å². The zero-order valence-corrected chi connectivity index (χ0v) is 11.0. The number of H-pyrrole nitrogens is 1. The van der Waals surface area contributed by atoms with E-state index in [1.807, 2.05) is 18.2 Å². The number of aromatic amines is 1. The number of hydrogen-bond acceptors (Lipinski definition) is 2. The molecule has 0 aliphatic rings. The van der Waals surface area contributed by atoms with Gasteiger partial charge in [-0.25, -0.2) is 4.98 Å². The van der Waals surface area contributed by atoms with Crippen molar-refractivity contribution in [2.45, 2.75) is 0 Å². The van der Waals surface area contributed by atoms with Crippen LogP contribution in [0.4, 0.5) is 0 Å². The number of aromatic nitrogens is 2. The maximum Gasteiger partial charge on any atom is 0.113 e. The molecule has 0 saturated carbocycles. The van der Waals surface area contributed by atoms with Crippen molar-refractivity contribution in [2.24, 2.45) is 0 Å². The summed E-state index contributed by atoms with van der Waals surface area (Å²) >= 11 is 5.26. The Bertz CT molecular complexity index is 730. The summed E-state index contributed by atoms with van der Waals surface area (Å²) in [7, 11) is 0. The van der Waals surface area contributed by atoms with Crippen LogP contribution >= 0.6 is 12.2 Å². The minimum Gasteiger partial charge on any atom is -0.337 e. The molecule has 3 heteroatoms. The van der Waals surface area contributed by atoms with Crippen LogP contribution in [0.2, 0.25) is 0 Å². The van der Waals surface area contributed by atoms with Crippen molar-refractivity contribution >= 4 is 12.2 Å². The van der Waals surface area contributed by atoms with Crippen LogP contribution in [0.15, 0.2) is 67.1 Å². The smallest absolute Gasteiger partial charge is 0.113 e. The first-order valence-electron chi connectivity index (χ1n) is 6.03. The van der Waals surface area contributed by atoms with Gasteiger partial charge in [-0.2, -0.15) is 0 Å². The average Bonchev–Trinajstić information content (AvgIpc) is 2.49. The molecule has 0 atom stereocenters. The number of hydrogen-bond donors (Lipinski definition) is 1. The monoisotopic (exact) mass is 264 g/mol. The molecule has 0 unspecified atom stereocenters. The predicted octanol–water partition coefficient (Wildman–Crippen LogP) is 4.47. The summed E-state index contributed by atoms with van der Waals surface area (Å²) in [6.07, 6.45) is 3.39. The van der Waals surface area contributed by atoms with E-state index in [4.69, 9.17) is 12.2 Å². The third-order valence-electron chi connectivity index (χ3n) is 3.02. The lowest BCUT2D eigenvalue weighted by atomic mass is 10.0. The summed E-state index contributed by atoms with van der Waals surface area (Å²) in [6, 6.07) is 18.7. The molecular formula is C16H12N2S. The van der Waals surface area contributed by atoms with Gasteiger partial charge < -0.3 is 4.98 Å². The van der Waals surface area contributed by atoms with Gasteiger partial charge in [0.1, 0.15) is 4.64 Å². The van der Waals surface area contributed by atoms with Crippen LogP contribution in [-0.4, -0.2) is 9.97 Å². The molecule has 0 aliphatic heterocycles. The van der Waals surface area contributed by atoms with Gasteiger partial charge in [-0.3, -0.25) is 0 Å². The molecule has 0 aliphatic carbocycles. The normalized spacial score (nSPS) is 10.3. The second kappa shape index (κ2) is 5.16. The van der Waals surface area contributed by atoms with Crippen molar-refractivity contribution in [1.29, 1.82) is 0 Å². The van der Waals surface area contributed by atoms with Crippen molar-refractivity contribution in [2.75, 3.05) is 0 Å². The third-order valence-corrected chi connectivity index (χ3v) is 3.36. The van der Waals surface area contributed by atoms with E-state index in [1.165, 1.54) is 11.1 Å². The van der Waals surface area contributed by atoms with E-state index < -0.39 is 0 Å². The van der Waals surface area contributed by atoms with Crippen LogP contribution in [0.25, 0.3) is 22.3 Å². The minimum atomic E-state index is 0.711. The Labute approximate surface area is 116 Å². The third kappa shape index (κ3) is 2.46. The molecule has 0 fully saturated rings. The van der Waals surface area contributed by atoms with Crippen molar-refractivity contribution in [3.63, 3.8) is 0 Å². The SMILES string of the molecule is S=c1[nH]cncc1-c1ccc(-c2ccccc2)cc1. The Morgan fingerprint density at radius 3 is 2.11 bits per heavy atom. The van der Waals surface area contributed by atoms with Gasteiger partial charge in [0.2, 0.25) is 0 Å². The van der Waals surface area contributed by atoms with Crippen molar-refractivity contribution in [3.05, 3.63) is 71.8 Å². The van der Waals surface area contributed by atoms with E-state index in [-0.39, 0.29) is 0 Å². The van der Waals surface area contributed by atoms with E-state index in [1.54, 1.807) is 12.5 Å². The summed E-state index contributed by atoms with van der Waals surface area (Å²) in [5.74, 6) is 0. The highest BCUT2D eigenvalue weighted by Gasteiger charge is 2.01. The highest BCUT2D eigenvalue weighted by molar-refractivity contribution is 7.71. The standard InChI is InChI=1S/C16H12N2S/c19-16-15(10-17-11-18-16)14-8-6-13(7-9-14)12-4-2-1-3-5-12/h1-11H,(H,17,18,19). The highest BCUT2D eigenvalue weighted by atomic mass is 32.1. The van der Waals surface area contributed by atoms with Crippen LogP contribution in [-0.2, 0) is 0 Å². The maximum atomic E-state index is 5.26. The van der Waals surface area contributed by atoms with Crippen molar-refractivity contribution in [3.8, 4) is 22.3 Å². The first-order valence-corrected chi connectivity index (χ1v) is 6.44. The van der Waals surface area contributed by atoms with E-state index in [2.05, 4.69) is 46.4 Å². The van der Waals surface area contributed by atoms with Crippen molar-refractivity contribution in [1.82, 2.24) is 9.97 Å². The zero-order valence-electron chi connectivity index (χ0n) is 10.2. The quantitative estimate of drug-likeness (QED) is 0.692. The molecule has 0 saturated heterocycles. The predicted molar refractivity (Wildman–Crippen MR) is 80.3 cm³/mol. The van der Waals surface area contributed by atoms with E-state index in [0.717, 1.165) is 11.1 Å². The zero-order chi connectivity index (χ0) is 13.1. The molecule has 0 bridgehead atoms. The summed E-state index contributed by atoms with van der Waals surface area (Å²) in [5.41, 5.74) is 4.44. The number of nitrogens with zero attached hydrogens (tertiary/aromatic N) is 1. The molecular weight excluding hydrogens is 252 g/mol. The van der Waals surface area contributed by atoms with Gasteiger partial charge in [-0.15, -0.1) is 0 Å². The largest absolute Gasteiger partial charge is 0.337 e. The average molecular weight is 264 g/mol. The highest BCUT2D eigenvalue weighted by Crippen LogP contribution is 2.24. The van der Waals surface area contributed by atoms with E-state index in [0.29, 0.717) is 4.64 Å².